The molecule has 100 valence electrons. The molecule has 0 bridgehead atoms. The summed E-state index contributed by atoms with van der Waals surface area (Å²) in [7, 11) is 0. The van der Waals surface area contributed by atoms with Crippen molar-refractivity contribution < 1.29 is 0 Å². The summed E-state index contributed by atoms with van der Waals surface area (Å²) in [4.78, 5) is 0. The van der Waals surface area contributed by atoms with E-state index in [9.17, 15) is 0 Å². The topological polar surface area (TPSA) is 30.7 Å². The summed E-state index contributed by atoms with van der Waals surface area (Å²) in [5.41, 5.74) is 1.43. The summed E-state index contributed by atoms with van der Waals surface area (Å²) in [6.07, 6.45) is 3.38. The van der Waals surface area contributed by atoms with Crippen molar-refractivity contribution in [1.29, 1.82) is 0 Å². The minimum absolute atomic E-state index is 0.0771. The van der Waals surface area contributed by atoms with Gasteiger partial charge in [0.05, 0.1) is 11.3 Å². The Hall–Kier alpha value is -1.35. The fraction of sp³-hybridized carbons (Fsp3) is 0.467. The lowest BCUT2D eigenvalue weighted by Crippen LogP contribution is -2.17. The Morgan fingerprint density at radius 2 is 1.95 bits per heavy atom. The third kappa shape index (κ3) is 2.06. The predicted octanol–water partition coefficient (Wildman–Crippen LogP) is 3.51. The molecule has 0 aliphatic heterocycles. The van der Waals surface area contributed by atoms with E-state index >= 15 is 0 Å². The quantitative estimate of drug-likeness (QED) is 0.782. The molecule has 1 aromatic heterocycles. The van der Waals surface area contributed by atoms with E-state index in [-0.39, 0.29) is 5.41 Å². The van der Waals surface area contributed by atoms with Crippen LogP contribution in [0.1, 0.15) is 43.4 Å². The van der Waals surface area contributed by atoms with Crippen LogP contribution in [0.5, 0.6) is 0 Å². The van der Waals surface area contributed by atoms with Crippen molar-refractivity contribution in [3.63, 3.8) is 0 Å². The lowest BCUT2D eigenvalue weighted by molar-refractivity contribution is 0.588. The summed E-state index contributed by atoms with van der Waals surface area (Å²) in [6, 6.07) is 10.6. The Balaban J connectivity index is 2.05. The minimum Gasteiger partial charge on any atom is -0.313 e. The number of hydrogen-bond acceptors (Lipinski definition) is 2. The molecule has 4 heteroatoms. The Labute approximate surface area is 118 Å². The van der Waals surface area contributed by atoms with Crippen LogP contribution in [-0.2, 0) is 17.8 Å². The second-order valence-electron chi connectivity index (χ2n) is 5.17. The van der Waals surface area contributed by atoms with E-state index in [1.54, 1.807) is 0 Å². The molecule has 0 spiro atoms. The molecule has 1 aromatic carbocycles. The monoisotopic (exact) mass is 275 g/mol. The maximum absolute atomic E-state index is 5.97. The summed E-state index contributed by atoms with van der Waals surface area (Å²) in [5, 5.41) is 8.71. The first-order valence-electron chi connectivity index (χ1n) is 6.86. The number of rotatable bonds is 5. The molecule has 19 heavy (non-hydrogen) atoms. The highest BCUT2D eigenvalue weighted by Crippen LogP contribution is 2.52. The smallest absolute Gasteiger partial charge is 0.147 e. The van der Waals surface area contributed by atoms with Crippen molar-refractivity contribution in [2.45, 2.75) is 44.0 Å². The van der Waals surface area contributed by atoms with Crippen molar-refractivity contribution in [2.24, 2.45) is 0 Å². The largest absolute Gasteiger partial charge is 0.313 e. The SMILES string of the molecule is CCCn1c(CCl)nnc1C1(c2ccccc2)CC1. The molecule has 0 N–H and O–H groups in total. The fourth-order valence-corrected chi connectivity index (χ4v) is 2.97. The minimum atomic E-state index is 0.0771. The third-order valence-corrected chi connectivity index (χ3v) is 4.14. The maximum atomic E-state index is 5.97. The molecule has 0 unspecified atom stereocenters. The van der Waals surface area contributed by atoms with Gasteiger partial charge in [-0.25, -0.2) is 0 Å². The van der Waals surface area contributed by atoms with Gasteiger partial charge in [-0.15, -0.1) is 21.8 Å². The average molecular weight is 276 g/mol. The molecule has 0 amide bonds. The van der Waals surface area contributed by atoms with E-state index in [4.69, 9.17) is 11.6 Å². The van der Waals surface area contributed by atoms with Gasteiger partial charge in [-0.1, -0.05) is 37.3 Å². The van der Waals surface area contributed by atoms with E-state index in [1.165, 1.54) is 5.56 Å². The van der Waals surface area contributed by atoms with Crippen molar-refractivity contribution in [3.8, 4) is 0 Å². The molecule has 1 aliphatic carbocycles. The van der Waals surface area contributed by atoms with Gasteiger partial charge in [0.1, 0.15) is 11.6 Å². The molecule has 2 aromatic rings. The van der Waals surface area contributed by atoms with Crippen LogP contribution in [0.15, 0.2) is 30.3 Å². The molecule has 1 heterocycles. The summed E-state index contributed by atoms with van der Waals surface area (Å²) in [6.45, 7) is 3.11. The number of alkyl halides is 1. The van der Waals surface area contributed by atoms with Gasteiger partial charge >= 0.3 is 0 Å². The van der Waals surface area contributed by atoms with Gasteiger partial charge in [0.2, 0.25) is 0 Å². The molecule has 1 saturated carbocycles. The molecular weight excluding hydrogens is 258 g/mol. The van der Waals surface area contributed by atoms with Crippen molar-refractivity contribution in [3.05, 3.63) is 47.5 Å². The molecule has 0 radical (unpaired) electrons. The summed E-state index contributed by atoms with van der Waals surface area (Å²) in [5.74, 6) is 2.41. The van der Waals surface area contributed by atoms with Crippen LogP contribution in [0.3, 0.4) is 0 Å². The normalized spacial score (nSPS) is 16.5. The Bertz CT molecular complexity index is 558. The van der Waals surface area contributed by atoms with Gasteiger partial charge in [0.25, 0.3) is 0 Å². The van der Waals surface area contributed by atoms with Crippen molar-refractivity contribution in [1.82, 2.24) is 14.8 Å². The highest BCUT2D eigenvalue weighted by molar-refractivity contribution is 6.16. The van der Waals surface area contributed by atoms with E-state index in [0.717, 1.165) is 37.5 Å². The van der Waals surface area contributed by atoms with Gasteiger partial charge in [0, 0.05) is 6.54 Å². The van der Waals surface area contributed by atoms with Crippen molar-refractivity contribution in [2.75, 3.05) is 0 Å². The van der Waals surface area contributed by atoms with Gasteiger partial charge in [-0.2, -0.15) is 0 Å². The predicted molar refractivity (Wildman–Crippen MR) is 76.3 cm³/mol. The Morgan fingerprint density at radius 1 is 1.21 bits per heavy atom. The van der Waals surface area contributed by atoms with Crippen LogP contribution < -0.4 is 0 Å². The molecule has 0 saturated heterocycles. The first kappa shape index (κ1) is 12.7. The molecular formula is C15H18ClN3. The number of nitrogens with zero attached hydrogens (tertiary/aromatic N) is 3. The number of aromatic nitrogens is 3. The van der Waals surface area contributed by atoms with Crippen molar-refractivity contribution >= 4 is 11.6 Å². The second-order valence-corrected chi connectivity index (χ2v) is 5.44. The maximum Gasteiger partial charge on any atom is 0.147 e. The number of hydrogen-bond donors (Lipinski definition) is 0. The lowest BCUT2D eigenvalue weighted by atomic mass is 9.95. The van der Waals surface area contributed by atoms with E-state index in [0.29, 0.717) is 5.88 Å². The number of halogens is 1. The molecule has 1 fully saturated rings. The molecule has 1 aliphatic rings. The van der Waals surface area contributed by atoms with E-state index in [1.807, 2.05) is 0 Å². The van der Waals surface area contributed by atoms with Gasteiger partial charge in [-0.3, -0.25) is 0 Å². The van der Waals surface area contributed by atoms with Gasteiger partial charge in [-0.05, 0) is 24.8 Å². The van der Waals surface area contributed by atoms with E-state index in [2.05, 4.69) is 52.0 Å². The number of benzene rings is 1. The van der Waals surface area contributed by atoms with Gasteiger partial charge in [0.15, 0.2) is 0 Å². The van der Waals surface area contributed by atoms with Crippen LogP contribution in [0, 0.1) is 0 Å². The average Bonchev–Trinajstić information content (AvgIpc) is 3.17. The summed E-state index contributed by atoms with van der Waals surface area (Å²) < 4.78 is 2.22. The Morgan fingerprint density at radius 3 is 2.53 bits per heavy atom. The zero-order valence-corrected chi connectivity index (χ0v) is 11.9. The highest BCUT2D eigenvalue weighted by atomic mass is 35.5. The summed E-state index contributed by atoms with van der Waals surface area (Å²) >= 11 is 5.97. The van der Waals surface area contributed by atoms with E-state index < -0.39 is 0 Å². The fourth-order valence-electron chi connectivity index (χ4n) is 2.77. The second kappa shape index (κ2) is 4.97. The highest BCUT2D eigenvalue weighted by Gasteiger charge is 2.50. The van der Waals surface area contributed by atoms with Crippen LogP contribution in [0.2, 0.25) is 0 Å². The van der Waals surface area contributed by atoms with Crippen LogP contribution in [0.4, 0.5) is 0 Å². The lowest BCUT2D eigenvalue weighted by Gasteiger charge is -2.17. The van der Waals surface area contributed by atoms with Crippen LogP contribution in [-0.4, -0.2) is 14.8 Å². The Kier molecular flexibility index (Phi) is 3.31. The first-order valence-corrected chi connectivity index (χ1v) is 7.39. The van der Waals surface area contributed by atoms with Crippen LogP contribution >= 0.6 is 11.6 Å². The van der Waals surface area contributed by atoms with Crippen LogP contribution in [0.25, 0.3) is 0 Å². The zero-order valence-electron chi connectivity index (χ0n) is 11.1. The third-order valence-electron chi connectivity index (χ3n) is 3.90. The molecule has 3 nitrogen and oxygen atoms in total. The standard InChI is InChI=1S/C15H18ClN3/c1-2-10-19-13(11-16)17-18-14(19)15(8-9-15)12-6-4-3-5-7-12/h3-7H,2,8-11H2,1H3. The molecule has 3 rings (SSSR count). The van der Waals surface area contributed by atoms with Gasteiger partial charge < -0.3 is 4.57 Å². The first-order chi connectivity index (χ1) is 9.31. The molecule has 0 atom stereocenters. The zero-order chi connectivity index (χ0) is 13.3.